The maximum Gasteiger partial charge on any atom is 0.376 e. The number of para-hydroxylation sites is 1. The molecular weight excluding hydrogens is 278 g/mol. The molecule has 0 aliphatic carbocycles. The predicted molar refractivity (Wildman–Crippen MR) is 73.0 cm³/mol. The lowest BCUT2D eigenvalue weighted by molar-refractivity contribution is -0.131. The zero-order valence-electron chi connectivity index (χ0n) is 11.0. The van der Waals surface area contributed by atoms with Crippen LogP contribution in [0.3, 0.4) is 0 Å². The third-order valence-electron chi connectivity index (χ3n) is 2.59. The fourth-order valence-electron chi connectivity index (χ4n) is 1.72. The number of esters is 1. The van der Waals surface area contributed by atoms with Crippen molar-refractivity contribution in [2.45, 2.75) is 0 Å². The van der Waals surface area contributed by atoms with Crippen LogP contribution in [0.1, 0.15) is 10.6 Å². The lowest BCUT2D eigenvalue weighted by atomic mass is 10.2. The van der Waals surface area contributed by atoms with E-state index in [-0.39, 0.29) is 11.4 Å². The number of hydrogen-bond acceptors (Lipinski definition) is 5. The molecule has 0 unspecified atom stereocenters. The molecule has 0 fully saturated rings. The van der Waals surface area contributed by atoms with Crippen LogP contribution in [0.25, 0.3) is 11.0 Å². The van der Waals surface area contributed by atoms with Crippen molar-refractivity contribution in [1.29, 1.82) is 0 Å². The van der Waals surface area contributed by atoms with Crippen LogP contribution in [0.5, 0.6) is 0 Å². The van der Waals surface area contributed by atoms with Crippen molar-refractivity contribution in [1.82, 2.24) is 0 Å². The van der Waals surface area contributed by atoms with Crippen LogP contribution in [-0.4, -0.2) is 30.1 Å². The maximum absolute atomic E-state index is 11.7. The van der Waals surface area contributed by atoms with Gasteiger partial charge in [0.05, 0.1) is 7.11 Å². The summed E-state index contributed by atoms with van der Waals surface area (Å²) >= 11 is 0. The summed E-state index contributed by atoms with van der Waals surface area (Å²) in [6.45, 7) is 0. The van der Waals surface area contributed by atoms with E-state index < -0.39 is 17.8 Å². The molecule has 1 amide bonds. The first-order chi connectivity index (χ1) is 10.0. The van der Waals surface area contributed by atoms with E-state index in [1.54, 1.807) is 24.3 Å². The number of ether oxygens (including phenoxy) is 1. The van der Waals surface area contributed by atoms with Crippen LogP contribution in [0, 0.1) is 0 Å². The highest BCUT2D eigenvalue weighted by Crippen LogP contribution is 2.31. The molecule has 0 aliphatic heterocycles. The van der Waals surface area contributed by atoms with Gasteiger partial charge in [0.25, 0.3) is 0 Å². The first-order valence-electron chi connectivity index (χ1n) is 5.84. The molecule has 0 radical (unpaired) electrons. The van der Waals surface area contributed by atoms with Crippen molar-refractivity contribution in [3.8, 4) is 0 Å². The van der Waals surface area contributed by atoms with E-state index in [4.69, 9.17) is 9.52 Å². The maximum atomic E-state index is 11.7. The number of rotatable bonds is 4. The Bertz CT molecular complexity index is 743. The van der Waals surface area contributed by atoms with Crippen molar-refractivity contribution < 1.29 is 28.6 Å². The molecule has 2 N–H and O–H groups in total. The monoisotopic (exact) mass is 289 g/mol. The van der Waals surface area contributed by atoms with Gasteiger partial charge in [-0.2, -0.15) is 0 Å². The zero-order valence-corrected chi connectivity index (χ0v) is 11.0. The number of carboxylic acids is 1. The molecule has 21 heavy (non-hydrogen) atoms. The predicted octanol–water partition coefficient (Wildman–Crippen LogP) is 1.80. The normalized spacial score (nSPS) is 10.7. The molecule has 2 aromatic rings. The van der Waals surface area contributed by atoms with Gasteiger partial charge in [-0.25, -0.2) is 9.59 Å². The van der Waals surface area contributed by atoms with E-state index >= 15 is 0 Å². The third-order valence-corrected chi connectivity index (χ3v) is 2.59. The van der Waals surface area contributed by atoms with E-state index in [0.29, 0.717) is 17.0 Å². The van der Waals surface area contributed by atoms with Gasteiger partial charge in [-0.1, -0.05) is 12.1 Å². The molecule has 7 nitrogen and oxygen atoms in total. The minimum absolute atomic E-state index is 0.137. The number of anilines is 1. The van der Waals surface area contributed by atoms with E-state index in [2.05, 4.69) is 10.1 Å². The van der Waals surface area contributed by atoms with E-state index in [1.165, 1.54) is 7.11 Å². The van der Waals surface area contributed by atoms with Gasteiger partial charge >= 0.3 is 11.9 Å². The first kappa shape index (κ1) is 14.3. The van der Waals surface area contributed by atoms with E-state index in [9.17, 15) is 14.4 Å². The highest BCUT2D eigenvalue weighted by molar-refractivity contribution is 6.12. The van der Waals surface area contributed by atoms with Crippen LogP contribution < -0.4 is 5.32 Å². The Balaban J connectivity index is 2.43. The Morgan fingerprint density at radius 1 is 1.24 bits per heavy atom. The Labute approximate surface area is 118 Å². The number of furan rings is 1. The number of nitrogens with one attached hydrogen (secondary N) is 1. The van der Waals surface area contributed by atoms with Gasteiger partial charge in [0, 0.05) is 17.5 Å². The van der Waals surface area contributed by atoms with Crippen molar-refractivity contribution in [3.05, 3.63) is 42.2 Å². The number of benzene rings is 1. The van der Waals surface area contributed by atoms with Gasteiger partial charge in [-0.15, -0.1) is 0 Å². The van der Waals surface area contributed by atoms with Crippen LogP contribution >= 0.6 is 0 Å². The molecule has 0 saturated carbocycles. The Morgan fingerprint density at radius 3 is 2.62 bits per heavy atom. The van der Waals surface area contributed by atoms with Gasteiger partial charge in [-0.05, 0) is 12.1 Å². The van der Waals surface area contributed by atoms with E-state index in [0.717, 1.165) is 6.08 Å². The SMILES string of the molecule is COC(=O)c1oc2ccccc2c1NC(=O)/C=C/C(=O)O. The van der Waals surface area contributed by atoms with E-state index in [1.807, 2.05) is 0 Å². The summed E-state index contributed by atoms with van der Waals surface area (Å²) < 4.78 is 9.94. The average Bonchev–Trinajstić information content (AvgIpc) is 2.83. The van der Waals surface area contributed by atoms with Crippen molar-refractivity contribution in [3.63, 3.8) is 0 Å². The molecule has 0 saturated heterocycles. The number of fused-ring (bicyclic) bond motifs is 1. The highest BCUT2D eigenvalue weighted by Gasteiger charge is 2.22. The number of carboxylic acid groups (broad SMARTS) is 1. The molecule has 1 aromatic heterocycles. The lowest BCUT2D eigenvalue weighted by Gasteiger charge is -2.02. The molecule has 1 aromatic carbocycles. The fraction of sp³-hybridized carbons (Fsp3) is 0.0714. The number of hydrogen-bond donors (Lipinski definition) is 2. The largest absolute Gasteiger partial charge is 0.478 e. The lowest BCUT2D eigenvalue weighted by Crippen LogP contribution is -2.12. The Hall–Kier alpha value is -3.09. The fourth-order valence-corrected chi connectivity index (χ4v) is 1.72. The summed E-state index contributed by atoms with van der Waals surface area (Å²) in [4.78, 5) is 33.7. The molecule has 0 spiro atoms. The average molecular weight is 289 g/mol. The summed E-state index contributed by atoms with van der Waals surface area (Å²) in [5, 5.41) is 11.4. The van der Waals surface area contributed by atoms with Crippen molar-refractivity contribution in [2.75, 3.05) is 12.4 Å². The number of carbonyl (C=O) groups is 3. The summed E-state index contributed by atoms with van der Waals surface area (Å²) in [5.74, 6) is -2.86. The summed E-state index contributed by atoms with van der Waals surface area (Å²) in [5.41, 5.74) is 0.535. The quantitative estimate of drug-likeness (QED) is 0.656. The van der Waals surface area contributed by atoms with Crippen LogP contribution in [0.2, 0.25) is 0 Å². The number of aliphatic carboxylic acids is 1. The smallest absolute Gasteiger partial charge is 0.376 e. The van der Waals surface area contributed by atoms with Gasteiger partial charge < -0.3 is 19.6 Å². The molecular formula is C14H11NO6. The van der Waals surface area contributed by atoms with Crippen molar-refractivity contribution >= 4 is 34.5 Å². The molecule has 0 aliphatic rings. The molecule has 0 bridgehead atoms. The molecule has 7 heteroatoms. The molecule has 108 valence electrons. The minimum Gasteiger partial charge on any atom is -0.478 e. The van der Waals surface area contributed by atoms with Gasteiger partial charge in [-0.3, -0.25) is 4.79 Å². The first-order valence-corrected chi connectivity index (χ1v) is 5.84. The minimum atomic E-state index is -1.25. The van der Waals surface area contributed by atoms with Gasteiger partial charge in [0.15, 0.2) is 0 Å². The number of carbonyl (C=O) groups excluding carboxylic acids is 2. The second kappa shape index (κ2) is 5.91. The number of amides is 1. The topological polar surface area (TPSA) is 106 Å². The second-order valence-corrected chi connectivity index (χ2v) is 3.95. The Kier molecular flexibility index (Phi) is 4.03. The van der Waals surface area contributed by atoms with Gasteiger partial charge in [0.2, 0.25) is 11.7 Å². The standard InChI is InChI=1S/C14H11NO6/c1-20-14(19)13-12(15-10(16)6-7-11(17)18)8-4-2-3-5-9(8)21-13/h2-7H,1H3,(H,15,16)(H,17,18)/b7-6+. The van der Waals surface area contributed by atoms with Crippen LogP contribution in [0.15, 0.2) is 40.8 Å². The number of methoxy groups -OCH3 is 1. The third kappa shape index (κ3) is 3.08. The summed E-state index contributed by atoms with van der Waals surface area (Å²) in [6, 6.07) is 6.71. The van der Waals surface area contributed by atoms with Crippen molar-refractivity contribution in [2.24, 2.45) is 0 Å². The molecule has 0 atom stereocenters. The Morgan fingerprint density at radius 2 is 1.95 bits per heavy atom. The van der Waals surface area contributed by atoms with Gasteiger partial charge in [0.1, 0.15) is 11.3 Å². The van der Waals surface area contributed by atoms with Crippen LogP contribution in [0.4, 0.5) is 5.69 Å². The molecule has 2 rings (SSSR count). The molecule has 1 heterocycles. The zero-order chi connectivity index (χ0) is 15.4. The summed E-state index contributed by atoms with van der Waals surface area (Å²) in [7, 11) is 1.19. The summed E-state index contributed by atoms with van der Waals surface area (Å²) in [6.07, 6.45) is 1.53. The highest BCUT2D eigenvalue weighted by atomic mass is 16.5. The second-order valence-electron chi connectivity index (χ2n) is 3.95. The van der Waals surface area contributed by atoms with Crippen LogP contribution in [-0.2, 0) is 14.3 Å².